The van der Waals surface area contributed by atoms with Crippen LogP contribution in [-0.4, -0.2) is 42.5 Å². The smallest absolute Gasteiger partial charge is 0.240 e. The standard InChI is InChI=1S/C8H14N2O3/c1-5(11)10-4-6(13-2)3-7(10)8(9)12/h6-7H,3-4H2,1-2H3,(H2,9,12)/t6-,7-/m0/s1. The zero-order valence-corrected chi connectivity index (χ0v) is 7.82. The Bertz CT molecular complexity index is 207. The number of methoxy groups -OCH3 is 1. The van der Waals surface area contributed by atoms with Crippen molar-refractivity contribution in [1.29, 1.82) is 0 Å². The highest BCUT2D eigenvalue weighted by Crippen LogP contribution is 2.19. The lowest BCUT2D eigenvalue weighted by atomic mass is 10.2. The van der Waals surface area contributed by atoms with Crippen LogP contribution in [-0.2, 0) is 14.3 Å². The Kier molecular flexibility index (Phi) is 2.87. The minimum Gasteiger partial charge on any atom is -0.380 e. The lowest BCUT2D eigenvalue weighted by Gasteiger charge is -2.19. The van der Waals surface area contributed by atoms with Crippen molar-refractivity contribution in [2.45, 2.75) is 25.5 Å². The molecule has 1 aliphatic heterocycles. The molecule has 0 aromatic heterocycles. The van der Waals surface area contributed by atoms with Crippen LogP contribution in [0.15, 0.2) is 0 Å². The third kappa shape index (κ3) is 1.98. The predicted octanol–water partition coefficient (Wildman–Crippen LogP) is -0.892. The summed E-state index contributed by atoms with van der Waals surface area (Å²) in [6, 6.07) is -0.498. The van der Waals surface area contributed by atoms with Crippen molar-refractivity contribution < 1.29 is 14.3 Å². The Morgan fingerprint density at radius 2 is 2.15 bits per heavy atom. The van der Waals surface area contributed by atoms with Gasteiger partial charge in [-0.05, 0) is 0 Å². The zero-order valence-electron chi connectivity index (χ0n) is 7.82. The number of carbonyl (C=O) groups excluding carboxylic acids is 2. The van der Waals surface area contributed by atoms with E-state index in [1.165, 1.54) is 11.8 Å². The SMILES string of the molecule is CO[C@H]1C[C@@H](C(N)=O)N(C(C)=O)C1. The second kappa shape index (κ2) is 3.74. The van der Waals surface area contributed by atoms with Gasteiger partial charge in [-0.15, -0.1) is 0 Å². The second-order valence-electron chi connectivity index (χ2n) is 3.18. The zero-order chi connectivity index (χ0) is 10.0. The first-order valence-corrected chi connectivity index (χ1v) is 4.15. The van der Waals surface area contributed by atoms with E-state index < -0.39 is 11.9 Å². The number of ether oxygens (including phenoxy) is 1. The van der Waals surface area contributed by atoms with E-state index in [0.717, 1.165) is 0 Å². The summed E-state index contributed by atoms with van der Waals surface area (Å²) >= 11 is 0. The Labute approximate surface area is 76.8 Å². The summed E-state index contributed by atoms with van der Waals surface area (Å²) < 4.78 is 5.07. The topological polar surface area (TPSA) is 72.6 Å². The summed E-state index contributed by atoms with van der Waals surface area (Å²) in [5.74, 6) is -0.599. The number of nitrogens with zero attached hydrogens (tertiary/aromatic N) is 1. The number of likely N-dealkylation sites (tertiary alicyclic amines) is 1. The van der Waals surface area contributed by atoms with Crippen LogP contribution in [0.2, 0.25) is 0 Å². The Morgan fingerprint density at radius 1 is 1.54 bits per heavy atom. The van der Waals surface area contributed by atoms with Crippen molar-refractivity contribution in [3.05, 3.63) is 0 Å². The molecule has 13 heavy (non-hydrogen) atoms. The third-order valence-corrected chi connectivity index (χ3v) is 2.33. The largest absolute Gasteiger partial charge is 0.380 e. The maximum absolute atomic E-state index is 11.1. The van der Waals surface area contributed by atoms with Crippen molar-refractivity contribution in [2.24, 2.45) is 5.73 Å². The quantitative estimate of drug-likeness (QED) is 0.608. The molecule has 1 rings (SSSR count). The summed E-state index contributed by atoms with van der Waals surface area (Å²) in [4.78, 5) is 23.5. The van der Waals surface area contributed by atoms with Gasteiger partial charge in [-0.2, -0.15) is 0 Å². The van der Waals surface area contributed by atoms with Crippen LogP contribution in [0.3, 0.4) is 0 Å². The number of amides is 2. The Hall–Kier alpha value is -1.10. The summed E-state index contributed by atoms with van der Waals surface area (Å²) in [6.07, 6.45) is 0.437. The number of primary amides is 1. The molecule has 1 saturated heterocycles. The maximum atomic E-state index is 11.1. The molecule has 0 aromatic rings. The van der Waals surface area contributed by atoms with Crippen LogP contribution in [0.25, 0.3) is 0 Å². The molecule has 5 nitrogen and oxygen atoms in total. The van der Waals surface area contributed by atoms with Crippen molar-refractivity contribution in [2.75, 3.05) is 13.7 Å². The Morgan fingerprint density at radius 3 is 2.46 bits per heavy atom. The van der Waals surface area contributed by atoms with Gasteiger partial charge in [0, 0.05) is 27.0 Å². The molecule has 2 N–H and O–H groups in total. The molecule has 74 valence electrons. The fourth-order valence-corrected chi connectivity index (χ4v) is 1.59. The predicted molar refractivity (Wildman–Crippen MR) is 45.8 cm³/mol. The molecular weight excluding hydrogens is 172 g/mol. The van der Waals surface area contributed by atoms with Gasteiger partial charge < -0.3 is 15.4 Å². The van der Waals surface area contributed by atoms with Crippen LogP contribution in [0.5, 0.6) is 0 Å². The van der Waals surface area contributed by atoms with Gasteiger partial charge in [-0.1, -0.05) is 0 Å². The lowest BCUT2D eigenvalue weighted by Crippen LogP contribution is -2.42. The molecule has 1 heterocycles. The van der Waals surface area contributed by atoms with E-state index in [0.29, 0.717) is 13.0 Å². The minimum absolute atomic E-state index is 0.0681. The van der Waals surface area contributed by atoms with E-state index in [2.05, 4.69) is 0 Å². The molecule has 0 bridgehead atoms. The van der Waals surface area contributed by atoms with E-state index in [-0.39, 0.29) is 12.0 Å². The van der Waals surface area contributed by atoms with Crippen molar-refractivity contribution in [1.82, 2.24) is 4.90 Å². The van der Waals surface area contributed by atoms with E-state index >= 15 is 0 Å². The van der Waals surface area contributed by atoms with Crippen molar-refractivity contribution in [3.8, 4) is 0 Å². The number of rotatable bonds is 2. The molecule has 0 aliphatic carbocycles. The molecule has 0 aromatic carbocycles. The van der Waals surface area contributed by atoms with E-state index in [4.69, 9.17) is 10.5 Å². The lowest BCUT2D eigenvalue weighted by molar-refractivity contribution is -0.135. The first kappa shape index (κ1) is 9.98. The van der Waals surface area contributed by atoms with Gasteiger partial charge in [0.15, 0.2) is 0 Å². The Balaban J connectivity index is 2.71. The highest BCUT2D eigenvalue weighted by atomic mass is 16.5. The van der Waals surface area contributed by atoms with Gasteiger partial charge in [0.05, 0.1) is 6.10 Å². The first-order valence-electron chi connectivity index (χ1n) is 4.15. The molecule has 0 spiro atoms. The van der Waals surface area contributed by atoms with Crippen molar-refractivity contribution >= 4 is 11.8 Å². The van der Waals surface area contributed by atoms with E-state index in [9.17, 15) is 9.59 Å². The fourth-order valence-electron chi connectivity index (χ4n) is 1.59. The van der Waals surface area contributed by atoms with Gasteiger partial charge >= 0.3 is 0 Å². The second-order valence-corrected chi connectivity index (χ2v) is 3.18. The molecule has 1 fully saturated rings. The van der Waals surface area contributed by atoms with Crippen LogP contribution < -0.4 is 5.73 Å². The van der Waals surface area contributed by atoms with Gasteiger partial charge in [-0.25, -0.2) is 0 Å². The van der Waals surface area contributed by atoms with E-state index in [1.807, 2.05) is 0 Å². The van der Waals surface area contributed by atoms with Crippen molar-refractivity contribution in [3.63, 3.8) is 0 Å². The normalized spacial score (nSPS) is 27.7. The summed E-state index contributed by atoms with van der Waals surface area (Å²) in [5, 5.41) is 0. The molecular formula is C8H14N2O3. The van der Waals surface area contributed by atoms with Crippen LogP contribution in [0.1, 0.15) is 13.3 Å². The monoisotopic (exact) mass is 186 g/mol. The number of hydrogen-bond donors (Lipinski definition) is 1. The highest BCUT2D eigenvalue weighted by Gasteiger charge is 2.36. The molecule has 5 heteroatoms. The maximum Gasteiger partial charge on any atom is 0.240 e. The summed E-state index contributed by atoms with van der Waals surface area (Å²) in [5.41, 5.74) is 5.15. The average Bonchev–Trinajstić information content (AvgIpc) is 2.47. The number of carbonyl (C=O) groups is 2. The average molecular weight is 186 g/mol. The number of nitrogens with two attached hydrogens (primary N) is 1. The van der Waals surface area contributed by atoms with Crippen LogP contribution >= 0.6 is 0 Å². The molecule has 0 unspecified atom stereocenters. The minimum atomic E-state index is -0.498. The first-order chi connectivity index (χ1) is 6.06. The van der Waals surface area contributed by atoms with Gasteiger partial charge in [-0.3, -0.25) is 9.59 Å². The molecule has 0 saturated carbocycles. The number of hydrogen-bond acceptors (Lipinski definition) is 3. The fraction of sp³-hybridized carbons (Fsp3) is 0.750. The summed E-state index contributed by atoms with van der Waals surface area (Å²) in [6.45, 7) is 1.88. The van der Waals surface area contributed by atoms with E-state index in [1.54, 1.807) is 7.11 Å². The molecule has 2 atom stereocenters. The summed E-state index contributed by atoms with van der Waals surface area (Å²) in [7, 11) is 1.56. The van der Waals surface area contributed by atoms with Gasteiger partial charge in [0.1, 0.15) is 6.04 Å². The van der Waals surface area contributed by atoms with Gasteiger partial charge in [0.25, 0.3) is 0 Å². The molecule has 0 radical (unpaired) electrons. The molecule has 2 amide bonds. The molecule has 1 aliphatic rings. The van der Waals surface area contributed by atoms with Gasteiger partial charge in [0.2, 0.25) is 11.8 Å². The highest BCUT2D eigenvalue weighted by molar-refractivity contribution is 5.86. The third-order valence-electron chi connectivity index (χ3n) is 2.33. The van der Waals surface area contributed by atoms with Crippen LogP contribution in [0.4, 0.5) is 0 Å². The van der Waals surface area contributed by atoms with Crippen LogP contribution in [0, 0.1) is 0 Å².